The van der Waals surface area contributed by atoms with Crippen molar-refractivity contribution in [1.82, 2.24) is 9.88 Å². The minimum atomic E-state index is -0.509. The van der Waals surface area contributed by atoms with Gasteiger partial charge in [-0.3, -0.25) is 14.2 Å². The molecule has 1 aromatic heterocycles. The predicted octanol–water partition coefficient (Wildman–Crippen LogP) is 5.90. The first-order valence-electron chi connectivity index (χ1n) is 12.0. The minimum absolute atomic E-state index is 0.0452. The van der Waals surface area contributed by atoms with E-state index in [1.54, 1.807) is 31.2 Å². The van der Waals surface area contributed by atoms with E-state index < -0.39 is 5.56 Å². The summed E-state index contributed by atoms with van der Waals surface area (Å²) < 4.78 is 1.24. The summed E-state index contributed by atoms with van der Waals surface area (Å²) in [6, 6.07) is 8.58. The van der Waals surface area contributed by atoms with Gasteiger partial charge in [0.15, 0.2) is 5.69 Å². The Hall–Kier alpha value is -3.47. The molecule has 34 heavy (non-hydrogen) atoms. The maximum atomic E-state index is 12.9. The second-order valence-electron chi connectivity index (χ2n) is 8.47. The van der Waals surface area contributed by atoms with Crippen LogP contribution in [0.1, 0.15) is 80.8 Å². The van der Waals surface area contributed by atoms with Crippen LogP contribution in [0.3, 0.4) is 0 Å². The molecule has 0 aliphatic rings. The fourth-order valence-corrected chi connectivity index (χ4v) is 3.67. The van der Waals surface area contributed by atoms with Gasteiger partial charge in [-0.15, -0.1) is 5.11 Å². The van der Waals surface area contributed by atoms with Gasteiger partial charge in [0.25, 0.3) is 11.5 Å². The Morgan fingerprint density at radius 1 is 1.15 bits per heavy atom. The first-order chi connectivity index (χ1) is 16.4. The maximum Gasteiger partial charge on any atom is 0.271 e. The van der Waals surface area contributed by atoms with Gasteiger partial charge in [-0.2, -0.15) is 10.4 Å². The average molecular weight is 466 g/mol. The Morgan fingerprint density at radius 3 is 2.41 bits per heavy atom. The van der Waals surface area contributed by atoms with Gasteiger partial charge in [-0.1, -0.05) is 46.5 Å². The highest BCUT2D eigenvalue weighted by Gasteiger charge is 2.21. The lowest BCUT2D eigenvalue weighted by atomic mass is 9.99. The highest BCUT2D eigenvalue weighted by molar-refractivity contribution is 5.94. The standard InChI is InChI=1S/C26H35N5O3/c1-5-8-10-19(7-3)17-31-25(33)22(16-27)18(4)23(26(31)34)30-29-21-13-11-20(12-14-21)24(32)28-15-9-6-2/h11-14,19,34H,5-10,15,17H2,1-4H3,(H,28,32)/b30-29+. The number of nitrogens with one attached hydrogen (secondary N) is 1. The number of nitrogens with zero attached hydrogens (tertiary/aromatic N) is 4. The van der Waals surface area contributed by atoms with E-state index in [2.05, 4.69) is 36.3 Å². The van der Waals surface area contributed by atoms with Crippen LogP contribution >= 0.6 is 0 Å². The predicted molar refractivity (Wildman–Crippen MR) is 133 cm³/mol. The fraction of sp³-hybridized carbons (Fsp3) is 0.500. The van der Waals surface area contributed by atoms with Crippen LogP contribution in [-0.4, -0.2) is 22.1 Å². The summed E-state index contributed by atoms with van der Waals surface area (Å²) in [5.41, 5.74) is 0.837. The van der Waals surface area contributed by atoms with Crippen LogP contribution in [0.25, 0.3) is 0 Å². The number of aromatic nitrogens is 1. The van der Waals surface area contributed by atoms with Gasteiger partial charge in [0, 0.05) is 24.2 Å². The average Bonchev–Trinajstić information content (AvgIpc) is 2.84. The molecule has 0 aliphatic heterocycles. The van der Waals surface area contributed by atoms with Crippen molar-refractivity contribution < 1.29 is 9.90 Å². The Morgan fingerprint density at radius 2 is 1.82 bits per heavy atom. The van der Waals surface area contributed by atoms with Crippen molar-refractivity contribution in [3.05, 3.63) is 51.3 Å². The summed E-state index contributed by atoms with van der Waals surface area (Å²) in [7, 11) is 0. The third kappa shape index (κ3) is 6.77. The Balaban J connectivity index is 2.33. The first kappa shape index (κ1) is 26.8. The number of hydrogen-bond donors (Lipinski definition) is 2. The molecule has 0 aliphatic carbocycles. The monoisotopic (exact) mass is 465 g/mol. The molecule has 0 radical (unpaired) electrons. The number of unbranched alkanes of at least 4 members (excludes halogenated alkanes) is 2. The SMILES string of the molecule is CCCCNC(=O)c1ccc(/N=N/c2c(C)c(C#N)c(=O)n(CC(CC)CCCC)c2O)cc1. The molecule has 1 aromatic carbocycles. The Kier molecular flexibility index (Phi) is 10.5. The zero-order chi connectivity index (χ0) is 25.1. The van der Waals surface area contributed by atoms with Crippen LogP contribution in [0.4, 0.5) is 11.4 Å². The lowest BCUT2D eigenvalue weighted by Crippen LogP contribution is -2.27. The topological polar surface area (TPSA) is 120 Å². The van der Waals surface area contributed by atoms with Crippen LogP contribution in [0.5, 0.6) is 5.88 Å². The molecule has 1 unspecified atom stereocenters. The van der Waals surface area contributed by atoms with E-state index in [-0.39, 0.29) is 29.0 Å². The normalized spacial score (nSPS) is 12.0. The Labute approximate surface area is 201 Å². The summed E-state index contributed by atoms with van der Waals surface area (Å²) in [6.45, 7) is 8.75. The van der Waals surface area contributed by atoms with E-state index in [4.69, 9.17) is 0 Å². The molecule has 0 fully saturated rings. The van der Waals surface area contributed by atoms with E-state index >= 15 is 0 Å². The zero-order valence-corrected chi connectivity index (χ0v) is 20.6. The number of azo groups is 1. The maximum absolute atomic E-state index is 12.9. The third-order valence-corrected chi connectivity index (χ3v) is 5.96. The fourth-order valence-electron chi connectivity index (χ4n) is 3.67. The van der Waals surface area contributed by atoms with E-state index in [9.17, 15) is 20.0 Å². The number of benzene rings is 1. The van der Waals surface area contributed by atoms with E-state index in [1.165, 1.54) is 4.57 Å². The first-order valence-corrected chi connectivity index (χ1v) is 12.0. The van der Waals surface area contributed by atoms with Crippen LogP contribution in [0, 0.1) is 24.2 Å². The number of aromatic hydroxyl groups is 1. The quantitative estimate of drug-likeness (QED) is 0.300. The van der Waals surface area contributed by atoms with Crippen molar-refractivity contribution in [2.24, 2.45) is 16.1 Å². The molecular formula is C26H35N5O3. The van der Waals surface area contributed by atoms with E-state index in [0.29, 0.717) is 29.9 Å². The highest BCUT2D eigenvalue weighted by Crippen LogP contribution is 2.33. The van der Waals surface area contributed by atoms with Crippen molar-refractivity contribution in [1.29, 1.82) is 5.26 Å². The number of carbonyl (C=O) groups is 1. The van der Waals surface area contributed by atoms with Crippen LogP contribution < -0.4 is 10.9 Å². The minimum Gasteiger partial charge on any atom is -0.493 e. The summed E-state index contributed by atoms with van der Waals surface area (Å²) in [4.78, 5) is 25.0. The summed E-state index contributed by atoms with van der Waals surface area (Å²) in [5, 5.41) is 31.7. The molecular weight excluding hydrogens is 430 g/mol. The molecule has 0 saturated heterocycles. The highest BCUT2D eigenvalue weighted by atomic mass is 16.3. The molecule has 0 saturated carbocycles. The van der Waals surface area contributed by atoms with Gasteiger partial charge >= 0.3 is 0 Å². The number of hydrogen-bond acceptors (Lipinski definition) is 6. The van der Waals surface area contributed by atoms with E-state index in [0.717, 1.165) is 38.5 Å². The van der Waals surface area contributed by atoms with Gasteiger partial charge in [-0.05, 0) is 49.9 Å². The van der Waals surface area contributed by atoms with Gasteiger partial charge in [0.2, 0.25) is 5.88 Å². The number of nitriles is 1. The van der Waals surface area contributed by atoms with Gasteiger partial charge in [-0.25, -0.2) is 0 Å². The molecule has 1 heterocycles. The number of rotatable bonds is 12. The molecule has 8 heteroatoms. The third-order valence-electron chi connectivity index (χ3n) is 5.96. The molecule has 1 atom stereocenters. The van der Waals surface area contributed by atoms with Crippen LogP contribution in [0.15, 0.2) is 39.3 Å². The van der Waals surface area contributed by atoms with Crippen molar-refractivity contribution in [3.63, 3.8) is 0 Å². The van der Waals surface area contributed by atoms with Crippen LogP contribution in [-0.2, 0) is 6.54 Å². The molecule has 1 amide bonds. The van der Waals surface area contributed by atoms with Gasteiger partial charge in [0.05, 0.1) is 5.69 Å². The molecule has 0 bridgehead atoms. The van der Waals surface area contributed by atoms with Gasteiger partial charge < -0.3 is 10.4 Å². The summed E-state index contributed by atoms with van der Waals surface area (Å²) in [6.07, 6.45) is 5.80. The molecule has 0 spiro atoms. The lowest BCUT2D eigenvalue weighted by Gasteiger charge is -2.19. The second-order valence-corrected chi connectivity index (χ2v) is 8.47. The van der Waals surface area contributed by atoms with Crippen molar-refractivity contribution >= 4 is 17.3 Å². The Bertz CT molecular complexity index is 1100. The lowest BCUT2D eigenvalue weighted by molar-refractivity contribution is 0.0953. The number of pyridine rings is 1. The van der Waals surface area contributed by atoms with Crippen molar-refractivity contribution in [2.45, 2.75) is 72.8 Å². The molecule has 2 rings (SSSR count). The van der Waals surface area contributed by atoms with Crippen LogP contribution in [0.2, 0.25) is 0 Å². The number of amides is 1. The number of carbonyl (C=O) groups excluding carboxylic acids is 1. The zero-order valence-electron chi connectivity index (χ0n) is 20.6. The molecule has 8 nitrogen and oxygen atoms in total. The van der Waals surface area contributed by atoms with Gasteiger partial charge in [0.1, 0.15) is 11.6 Å². The molecule has 2 aromatic rings. The summed E-state index contributed by atoms with van der Waals surface area (Å²) in [5.74, 6) is -0.226. The smallest absolute Gasteiger partial charge is 0.271 e. The largest absolute Gasteiger partial charge is 0.493 e. The molecule has 2 N–H and O–H groups in total. The second kappa shape index (κ2) is 13.3. The van der Waals surface area contributed by atoms with Crippen molar-refractivity contribution in [3.8, 4) is 11.9 Å². The summed E-state index contributed by atoms with van der Waals surface area (Å²) >= 11 is 0. The molecule has 182 valence electrons. The van der Waals surface area contributed by atoms with E-state index in [1.807, 2.05) is 6.07 Å². The van der Waals surface area contributed by atoms with Crippen molar-refractivity contribution in [2.75, 3.05) is 6.54 Å².